The number of amides is 1. The van der Waals surface area contributed by atoms with Crippen LogP contribution in [0.5, 0.6) is 0 Å². The molecule has 9 heteroatoms. The Balaban J connectivity index is 1.55. The first-order valence-electron chi connectivity index (χ1n) is 9.61. The summed E-state index contributed by atoms with van der Waals surface area (Å²) in [6, 6.07) is 2.23. The van der Waals surface area contributed by atoms with Gasteiger partial charge in [0.1, 0.15) is 5.82 Å². The molecule has 6 nitrogen and oxygen atoms in total. The van der Waals surface area contributed by atoms with Gasteiger partial charge in [0.15, 0.2) is 0 Å². The molecule has 156 valence electrons. The van der Waals surface area contributed by atoms with E-state index in [1.165, 1.54) is 6.07 Å². The van der Waals surface area contributed by atoms with Gasteiger partial charge in [0.05, 0.1) is 23.8 Å². The van der Waals surface area contributed by atoms with Crippen molar-refractivity contribution in [2.75, 3.05) is 44.2 Å². The monoisotopic (exact) mass is 400 g/mol. The molecule has 3 heterocycles. The molecule has 1 aromatic heterocycles. The highest BCUT2D eigenvalue weighted by atomic mass is 19.4. The zero-order valence-electron chi connectivity index (χ0n) is 16.4. The number of hydrogen-bond acceptors (Lipinski definition) is 5. The van der Waals surface area contributed by atoms with E-state index < -0.39 is 11.7 Å². The average molecular weight is 400 g/mol. The molecule has 0 spiro atoms. The number of ether oxygens (including phenoxy) is 1. The fourth-order valence-electron chi connectivity index (χ4n) is 3.86. The highest BCUT2D eigenvalue weighted by Crippen LogP contribution is 2.29. The number of carbonyl (C=O) groups excluding carboxylic acids is 1. The van der Waals surface area contributed by atoms with Gasteiger partial charge in [-0.05, 0) is 32.9 Å². The lowest BCUT2D eigenvalue weighted by Gasteiger charge is -2.41. The lowest BCUT2D eigenvalue weighted by Crippen LogP contribution is -2.57. The molecule has 2 aliphatic rings. The quantitative estimate of drug-likeness (QED) is 0.779. The van der Waals surface area contributed by atoms with Crippen LogP contribution in [0.25, 0.3) is 0 Å². The third-order valence-corrected chi connectivity index (χ3v) is 5.35. The van der Waals surface area contributed by atoms with Crippen molar-refractivity contribution < 1.29 is 22.7 Å². The number of halogens is 3. The molecule has 0 saturated carbocycles. The van der Waals surface area contributed by atoms with E-state index in [0.29, 0.717) is 45.1 Å². The second-order valence-corrected chi connectivity index (χ2v) is 7.60. The van der Waals surface area contributed by atoms with Crippen LogP contribution >= 0.6 is 0 Å². The highest BCUT2D eigenvalue weighted by Gasteiger charge is 2.33. The van der Waals surface area contributed by atoms with Crippen LogP contribution in [0.1, 0.15) is 26.3 Å². The van der Waals surface area contributed by atoms with Gasteiger partial charge < -0.3 is 14.5 Å². The molecule has 28 heavy (non-hydrogen) atoms. The molecule has 0 bridgehead atoms. The summed E-state index contributed by atoms with van der Waals surface area (Å²) in [7, 11) is 0. The van der Waals surface area contributed by atoms with Gasteiger partial charge >= 0.3 is 6.18 Å². The molecule has 0 aromatic carbocycles. The van der Waals surface area contributed by atoms with Crippen molar-refractivity contribution in [2.45, 2.75) is 45.2 Å². The number of nitrogens with zero attached hydrogens (tertiary/aromatic N) is 4. The molecule has 0 aliphatic carbocycles. The van der Waals surface area contributed by atoms with Crippen molar-refractivity contribution in [2.24, 2.45) is 0 Å². The minimum absolute atomic E-state index is 0.0301. The Kier molecular flexibility index (Phi) is 6.14. The summed E-state index contributed by atoms with van der Waals surface area (Å²) in [5.41, 5.74) is -0.747. The summed E-state index contributed by atoms with van der Waals surface area (Å²) < 4.78 is 43.7. The van der Waals surface area contributed by atoms with Crippen LogP contribution in [-0.4, -0.2) is 78.2 Å². The lowest BCUT2D eigenvalue weighted by molar-refractivity contribution is -0.148. The smallest absolute Gasteiger partial charge is 0.372 e. The molecular weight excluding hydrogens is 373 g/mol. The molecule has 2 aliphatic heterocycles. The SMILES string of the molecule is CC1CN(C(=O)C(C)N2CCN(c3ccc(C(F)(F)F)cn3)CC2)CC(C)O1. The Morgan fingerprint density at radius 3 is 2.25 bits per heavy atom. The van der Waals surface area contributed by atoms with Gasteiger partial charge in [0.25, 0.3) is 0 Å². The van der Waals surface area contributed by atoms with E-state index in [2.05, 4.69) is 9.88 Å². The third-order valence-electron chi connectivity index (χ3n) is 5.35. The summed E-state index contributed by atoms with van der Waals surface area (Å²) in [6.07, 6.45) is -3.45. The molecule has 2 fully saturated rings. The van der Waals surface area contributed by atoms with Gasteiger partial charge in [-0.3, -0.25) is 9.69 Å². The maximum absolute atomic E-state index is 12.9. The molecule has 3 unspecified atom stereocenters. The fourth-order valence-corrected chi connectivity index (χ4v) is 3.86. The van der Waals surface area contributed by atoms with Gasteiger partial charge in [-0.2, -0.15) is 13.2 Å². The number of pyridine rings is 1. The summed E-state index contributed by atoms with van der Waals surface area (Å²) in [4.78, 5) is 22.8. The second kappa shape index (κ2) is 8.24. The van der Waals surface area contributed by atoms with Crippen LogP contribution in [0.2, 0.25) is 0 Å². The van der Waals surface area contributed by atoms with Crippen LogP contribution in [0.15, 0.2) is 18.3 Å². The maximum Gasteiger partial charge on any atom is 0.417 e. The molecule has 0 N–H and O–H groups in total. The number of piperazine rings is 1. The van der Waals surface area contributed by atoms with E-state index in [9.17, 15) is 18.0 Å². The predicted molar refractivity (Wildman–Crippen MR) is 99.1 cm³/mol. The van der Waals surface area contributed by atoms with Crippen molar-refractivity contribution in [1.82, 2.24) is 14.8 Å². The number of rotatable bonds is 3. The third kappa shape index (κ3) is 4.75. The lowest BCUT2D eigenvalue weighted by atomic mass is 10.1. The number of morpholine rings is 1. The Labute approximate surface area is 163 Å². The maximum atomic E-state index is 12.9. The molecule has 3 atom stereocenters. The number of alkyl halides is 3. The normalized spacial score (nSPS) is 25.6. The first kappa shape index (κ1) is 20.9. The van der Waals surface area contributed by atoms with Crippen molar-refractivity contribution in [1.29, 1.82) is 0 Å². The van der Waals surface area contributed by atoms with Gasteiger partial charge in [-0.1, -0.05) is 0 Å². The molecule has 1 aromatic rings. The Morgan fingerprint density at radius 2 is 1.75 bits per heavy atom. The zero-order valence-corrected chi connectivity index (χ0v) is 16.4. The van der Waals surface area contributed by atoms with E-state index in [1.54, 1.807) is 0 Å². The van der Waals surface area contributed by atoms with Crippen LogP contribution in [0.3, 0.4) is 0 Å². The summed E-state index contributed by atoms with van der Waals surface area (Å²) in [6.45, 7) is 9.60. The van der Waals surface area contributed by atoms with E-state index in [-0.39, 0.29) is 24.2 Å². The van der Waals surface area contributed by atoms with Crippen molar-refractivity contribution in [3.63, 3.8) is 0 Å². The van der Waals surface area contributed by atoms with Crippen LogP contribution in [0.4, 0.5) is 19.0 Å². The second-order valence-electron chi connectivity index (χ2n) is 7.60. The molecule has 1 amide bonds. The van der Waals surface area contributed by atoms with Crippen LogP contribution < -0.4 is 4.90 Å². The van der Waals surface area contributed by atoms with Gasteiger partial charge in [-0.15, -0.1) is 0 Å². The van der Waals surface area contributed by atoms with Gasteiger partial charge in [0.2, 0.25) is 5.91 Å². The first-order chi connectivity index (χ1) is 13.1. The molecule has 2 saturated heterocycles. The Bertz CT molecular complexity index is 665. The Hall–Kier alpha value is -1.87. The standard InChI is InChI=1S/C19H27F3N4O2/c1-13-11-26(12-14(2)28-13)18(27)15(3)24-6-8-25(9-7-24)17-5-4-16(10-23-17)19(20,21)22/h4-5,10,13-15H,6-9,11-12H2,1-3H3. The summed E-state index contributed by atoms with van der Waals surface area (Å²) in [5.74, 6) is 0.630. The number of anilines is 1. The average Bonchev–Trinajstić information content (AvgIpc) is 2.65. The predicted octanol–water partition coefficient (Wildman–Crippen LogP) is 2.25. The highest BCUT2D eigenvalue weighted by molar-refractivity contribution is 5.81. The van der Waals surface area contributed by atoms with Crippen LogP contribution in [-0.2, 0) is 15.7 Å². The Morgan fingerprint density at radius 1 is 1.14 bits per heavy atom. The summed E-state index contributed by atoms with van der Waals surface area (Å²) >= 11 is 0. The molecule has 0 radical (unpaired) electrons. The van der Waals surface area contributed by atoms with Crippen LogP contribution in [0, 0.1) is 0 Å². The number of carbonyl (C=O) groups is 1. The fraction of sp³-hybridized carbons (Fsp3) is 0.684. The van der Waals surface area contributed by atoms with Gasteiger partial charge in [0, 0.05) is 45.5 Å². The zero-order chi connectivity index (χ0) is 20.5. The van der Waals surface area contributed by atoms with Crippen molar-refractivity contribution in [3.8, 4) is 0 Å². The van der Waals surface area contributed by atoms with E-state index in [0.717, 1.165) is 12.3 Å². The molecule has 3 rings (SSSR count). The van der Waals surface area contributed by atoms with Gasteiger partial charge in [-0.25, -0.2) is 4.98 Å². The summed E-state index contributed by atoms with van der Waals surface area (Å²) in [5, 5.41) is 0. The minimum Gasteiger partial charge on any atom is -0.372 e. The van der Waals surface area contributed by atoms with E-state index in [1.807, 2.05) is 30.6 Å². The largest absolute Gasteiger partial charge is 0.417 e. The van der Waals surface area contributed by atoms with E-state index >= 15 is 0 Å². The molecular formula is C19H27F3N4O2. The number of aromatic nitrogens is 1. The first-order valence-corrected chi connectivity index (χ1v) is 9.61. The topological polar surface area (TPSA) is 48.9 Å². The van der Waals surface area contributed by atoms with E-state index in [4.69, 9.17) is 4.74 Å². The van der Waals surface area contributed by atoms with Crippen molar-refractivity contribution in [3.05, 3.63) is 23.9 Å². The number of hydrogen-bond donors (Lipinski definition) is 0. The minimum atomic E-state index is -4.38. The van der Waals surface area contributed by atoms with Crippen molar-refractivity contribution >= 4 is 11.7 Å².